The van der Waals surface area contributed by atoms with Gasteiger partial charge in [0.15, 0.2) is 0 Å². The molecular weight excluding hydrogens is 258 g/mol. The van der Waals surface area contributed by atoms with Gasteiger partial charge in [-0.25, -0.2) is 0 Å². The third-order valence-corrected chi connectivity index (χ3v) is 4.27. The van der Waals surface area contributed by atoms with E-state index in [1.807, 2.05) is 20.9 Å². The number of carbonyl (C=O) groups is 2. The minimum atomic E-state index is -0.864. The first-order chi connectivity index (χ1) is 9.41. The number of hydrogen-bond donors (Lipinski definition) is 2. The number of rotatable bonds is 4. The fraction of sp³-hybridized carbons (Fsp3) is 0.643. The number of aromatic nitrogens is 2. The van der Waals surface area contributed by atoms with Gasteiger partial charge in [0.1, 0.15) is 0 Å². The normalized spacial score (nSPS) is 21.9. The molecular formula is C14H21N3O3. The van der Waals surface area contributed by atoms with E-state index in [-0.39, 0.29) is 5.91 Å². The Hall–Kier alpha value is -1.85. The van der Waals surface area contributed by atoms with Crippen molar-refractivity contribution < 1.29 is 14.7 Å². The lowest BCUT2D eigenvalue weighted by Gasteiger charge is -2.15. The van der Waals surface area contributed by atoms with Crippen LogP contribution in [0, 0.1) is 25.7 Å². The highest BCUT2D eigenvalue weighted by molar-refractivity contribution is 5.85. The van der Waals surface area contributed by atoms with E-state index in [1.165, 1.54) is 0 Å². The van der Waals surface area contributed by atoms with Crippen LogP contribution < -0.4 is 5.32 Å². The van der Waals surface area contributed by atoms with Crippen LogP contribution in [0.1, 0.15) is 36.2 Å². The fourth-order valence-electron chi connectivity index (χ4n) is 2.95. The van der Waals surface area contributed by atoms with Crippen molar-refractivity contribution in [3.05, 3.63) is 17.0 Å². The van der Waals surface area contributed by atoms with Gasteiger partial charge in [-0.1, -0.05) is 6.42 Å². The molecule has 6 heteroatoms. The minimum absolute atomic E-state index is 0.155. The van der Waals surface area contributed by atoms with Crippen LogP contribution >= 0.6 is 0 Å². The standard InChI is InChI=1S/C14H21N3O3/c1-8-12(9(2)17(3)16-8)7-15-13(18)10-5-4-6-11(10)14(19)20/h10-11H,4-7H2,1-3H3,(H,15,18)(H,19,20). The van der Waals surface area contributed by atoms with Crippen LogP contribution in [-0.4, -0.2) is 26.8 Å². The Balaban J connectivity index is 2.00. The number of amides is 1. The molecule has 1 aliphatic rings. The highest BCUT2D eigenvalue weighted by Crippen LogP contribution is 2.32. The molecule has 2 N–H and O–H groups in total. The van der Waals surface area contributed by atoms with Crippen molar-refractivity contribution in [2.24, 2.45) is 18.9 Å². The zero-order valence-electron chi connectivity index (χ0n) is 12.1. The molecule has 2 atom stereocenters. The molecule has 0 bridgehead atoms. The van der Waals surface area contributed by atoms with Crippen molar-refractivity contribution in [2.45, 2.75) is 39.7 Å². The third-order valence-electron chi connectivity index (χ3n) is 4.27. The van der Waals surface area contributed by atoms with Gasteiger partial charge in [-0.15, -0.1) is 0 Å². The molecule has 1 aromatic rings. The summed E-state index contributed by atoms with van der Waals surface area (Å²) in [6, 6.07) is 0. The van der Waals surface area contributed by atoms with Crippen molar-refractivity contribution in [3.63, 3.8) is 0 Å². The molecule has 1 aromatic heterocycles. The first-order valence-corrected chi connectivity index (χ1v) is 6.91. The van der Waals surface area contributed by atoms with Crippen LogP contribution in [0.5, 0.6) is 0 Å². The number of nitrogens with zero attached hydrogens (tertiary/aromatic N) is 2. The summed E-state index contributed by atoms with van der Waals surface area (Å²) in [5.74, 6) is -1.95. The maximum atomic E-state index is 12.2. The Kier molecular flexibility index (Phi) is 4.11. The number of aryl methyl sites for hydroxylation is 2. The summed E-state index contributed by atoms with van der Waals surface area (Å²) in [6.45, 7) is 4.27. The van der Waals surface area contributed by atoms with Gasteiger partial charge in [-0.05, 0) is 26.7 Å². The molecule has 1 heterocycles. The van der Waals surface area contributed by atoms with Crippen LogP contribution in [0.4, 0.5) is 0 Å². The van der Waals surface area contributed by atoms with Crippen LogP contribution in [0.2, 0.25) is 0 Å². The lowest BCUT2D eigenvalue weighted by Crippen LogP contribution is -2.35. The topological polar surface area (TPSA) is 84.2 Å². The van der Waals surface area contributed by atoms with Crippen molar-refractivity contribution in [1.82, 2.24) is 15.1 Å². The van der Waals surface area contributed by atoms with E-state index in [4.69, 9.17) is 5.11 Å². The van der Waals surface area contributed by atoms with Crippen LogP contribution in [0.3, 0.4) is 0 Å². The van der Waals surface area contributed by atoms with Gasteiger partial charge in [-0.2, -0.15) is 5.10 Å². The highest BCUT2D eigenvalue weighted by atomic mass is 16.4. The zero-order valence-corrected chi connectivity index (χ0v) is 12.1. The van der Waals surface area contributed by atoms with Gasteiger partial charge in [0, 0.05) is 24.8 Å². The molecule has 2 unspecified atom stereocenters. The number of nitrogens with one attached hydrogen (secondary N) is 1. The Morgan fingerprint density at radius 2 is 2.00 bits per heavy atom. The summed E-state index contributed by atoms with van der Waals surface area (Å²) in [5.41, 5.74) is 2.92. The second-order valence-electron chi connectivity index (χ2n) is 5.47. The molecule has 1 aliphatic carbocycles. The summed E-state index contributed by atoms with van der Waals surface area (Å²) in [5, 5.41) is 16.3. The van der Waals surface area contributed by atoms with Crippen molar-refractivity contribution in [1.29, 1.82) is 0 Å². The molecule has 6 nitrogen and oxygen atoms in total. The van der Waals surface area contributed by atoms with Gasteiger partial charge >= 0.3 is 5.97 Å². The van der Waals surface area contributed by atoms with Crippen molar-refractivity contribution >= 4 is 11.9 Å². The molecule has 0 radical (unpaired) electrons. The molecule has 1 fully saturated rings. The number of hydrogen-bond acceptors (Lipinski definition) is 3. The summed E-state index contributed by atoms with van der Waals surface area (Å²) in [6.07, 6.45) is 2.06. The molecule has 0 spiro atoms. The summed E-state index contributed by atoms with van der Waals surface area (Å²) in [7, 11) is 1.87. The molecule has 0 aromatic carbocycles. The van der Waals surface area contributed by atoms with E-state index in [2.05, 4.69) is 10.4 Å². The predicted octanol–water partition coefficient (Wildman–Crippen LogP) is 1.15. The first kappa shape index (κ1) is 14.6. The lowest BCUT2D eigenvalue weighted by molar-refractivity contribution is -0.146. The van der Waals surface area contributed by atoms with Gasteiger partial charge in [0.05, 0.1) is 17.5 Å². The Labute approximate surface area is 118 Å². The van der Waals surface area contributed by atoms with E-state index in [9.17, 15) is 9.59 Å². The smallest absolute Gasteiger partial charge is 0.307 e. The molecule has 0 saturated heterocycles. The number of carbonyl (C=O) groups excluding carboxylic acids is 1. The van der Waals surface area contributed by atoms with Crippen LogP contribution in [0.25, 0.3) is 0 Å². The SMILES string of the molecule is Cc1nn(C)c(C)c1CNC(=O)C1CCCC1C(=O)O. The minimum Gasteiger partial charge on any atom is -0.481 e. The Morgan fingerprint density at radius 1 is 1.35 bits per heavy atom. The monoisotopic (exact) mass is 279 g/mol. The maximum absolute atomic E-state index is 12.2. The van der Waals surface area contributed by atoms with E-state index in [1.54, 1.807) is 4.68 Å². The third kappa shape index (κ3) is 2.69. The van der Waals surface area contributed by atoms with Crippen molar-refractivity contribution in [3.8, 4) is 0 Å². The number of aliphatic carboxylic acids is 1. The average molecular weight is 279 g/mol. The summed E-state index contributed by atoms with van der Waals surface area (Å²) < 4.78 is 1.78. The second kappa shape index (κ2) is 5.64. The first-order valence-electron chi connectivity index (χ1n) is 6.91. The van der Waals surface area contributed by atoms with Gasteiger partial charge in [-0.3, -0.25) is 14.3 Å². The van der Waals surface area contributed by atoms with E-state index in [0.717, 1.165) is 23.4 Å². The van der Waals surface area contributed by atoms with Gasteiger partial charge in [0.25, 0.3) is 0 Å². The zero-order chi connectivity index (χ0) is 14.9. The quantitative estimate of drug-likeness (QED) is 0.866. The molecule has 20 heavy (non-hydrogen) atoms. The molecule has 1 saturated carbocycles. The largest absolute Gasteiger partial charge is 0.481 e. The number of carboxylic acid groups (broad SMARTS) is 1. The second-order valence-corrected chi connectivity index (χ2v) is 5.47. The van der Waals surface area contributed by atoms with Gasteiger partial charge in [0.2, 0.25) is 5.91 Å². The average Bonchev–Trinajstić information content (AvgIpc) is 2.95. The van der Waals surface area contributed by atoms with E-state index >= 15 is 0 Å². The van der Waals surface area contributed by atoms with Gasteiger partial charge < -0.3 is 10.4 Å². The lowest BCUT2D eigenvalue weighted by atomic mass is 9.95. The predicted molar refractivity (Wildman–Crippen MR) is 73.0 cm³/mol. The molecule has 110 valence electrons. The Morgan fingerprint density at radius 3 is 2.55 bits per heavy atom. The van der Waals surface area contributed by atoms with E-state index in [0.29, 0.717) is 19.4 Å². The van der Waals surface area contributed by atoms with Crippen molar-refractivity contribution in [2.75, 3.05) is 0 Å². The van der Waals surface area contributed by atoms with Crippen LogP contribution in [-0.2, 0) is 23.2 Å². The molecule has 1 amide bonds. The maximum Gasteiger partial charge on any atom is 0.307 e. The molecule has 2 rings (SSSR count). The summed E-state index contributed by atoms with van der Waals surface area (Å²) in [4.78, 5) is 23.3. The van der Waals surface area contributed by atoms with E-state index < -0.39 is 17.8 Å². The Bertz CT molecular complexity index is 536. The summed E-state index contributed by atoms with van der Waals surface area (Å²) >= 11 is 0. The fourth-order valence-corrected chi connectivity index (χ4v) is 2.95. The molecule has 0 aliphatic heterocycles. The number of carboxylic acids is 1. The highest BCUT2D eigenvalue weighted by Gasteiger charge is 2.37. The van der Waals surface area contributed by atoms with Crippen LogP contribution in [0.15, 0.2) is 0 Å².